The van der Waals surface area contributed by atoms with E-state index in [0.717, 1.165) is 12.1 Å². The standard InChI is InChI=1S/C21H20F5N3O3/c1-10-5-16(32-20(25)26)11(2)4-15(10)27-21-28-19(30)17(31-3)9-29(21)8-12-6-13(22)18(24)14(23)7-12/h4,6-7,9-10,20H,5,8H2,1-3H3,(H,27,28,30). The van der Waals surface area contributed by atoms with Crippen LogP contribution in [-0.2, 0) is 11.3 Å². The van der Waals surface area contributed by atoms with E-state index in [-0.39, 0.29) is 41.9 Å². The van der Waals surface area contributed by atoms with Crippen molar-refractivity contribution in [2.75, 3.05) is 12.4 Å². The van der Waals surface area contributed by atoms with Crippen LogP contribution in [0.15, 0.2) is 46.2 Å². The molecule has 6 nitrogen and oxygen atoms in total. The maximum absolute atomic E-state index is 13.6. The molecule has 1 unspecified atom stereocenters. The number of ether oxygens (including phenoxy) is 2. The first-order valence-electron chi connectivity index (χ1n) is 9.51. The van der Waals surface area contributed by atoms with Gasteiger partial charge in [0.25, 0.3) is 0 Å². The summed E-state index contributed by atoms with van der Waals surface area (Å²) in [6.07, 6.45) is 3.06. The van der Waals surface area contributed by atoms with Crippen molar-refractivity contribution in [3.63, 3.8) is 0 Å². The number of hydrogen-bond acceptors (Lipinski definition) is 5. The highest BCUT2D eigenvalue weighted by atomic mass is 19.3. The molecule has 11 heteroatoms. The Balaban J connectivity index is 1.99. The van der Waals surface area contributed by atoms with Crippen molar-refractivity contribution in [3.05, 3.63) is 74.8 Å². The highest BCUT2D eigenvalue weighted by Crippen LogP contribution is 2.31. The molecule has 0 bridgehead atoms. The predicted octanol–water partition coefficient (Wildman–Crippen LogP) is 4.57. The largest absolute Gasteiger partial charge is 0.490 e. The Morgan fingerprint density at radius 3 is 2.50 bits per heavy atom. The second kappa shape index (κ2) is 9.41. The van der Waals surface area contributed by atoms with Crippen LogP contribution >= 0.6 is 0 Å². The first-order chi connectivity index (χ1) is 15.1. The minimum Gasteiger partial charge on any atom is -0.490 e. The fraction of sp³-hybridized carbons (Fsp3) is 0.333. The predicted molar refractivity (Wildman–Crippen MR) is 106 cm³/mol. The minimum absolute atomic E-state index is 0.0186. The van der Waals surface area contributed by atoms with Crippen LogP contribution in [0.5, 0.6) is 5.75 Å². The van der Waals surface area contributed by atoms with Crippen molar-refractivity contribution in [1.29, 1.82) is 0 Å². The van der Waals surface area contributed by atoms with E-state index in [1.807, 2.05) is 0 Å². The van der Waals surface area contributed by atoms with Crippen molar-refractivity contribution in [2.24, 2.45) is 5.92 Å². The highest BCUT2D eigenvalue weighted by molar-refractivity contribution is 5.44. The summed E-state index contributed by atoms with van der Waals surface area (Å²) in [5.74, 6) is -4.54. The minimum atomic E-state index is -2.94. The third kappa shape index (κ3) is 5.09. The van der Waals surface area contributed by atoms with Crippen molar-refractivity contribution >= 4 is 5.95 Å². The van der Waals surface area contributed by atoms with Gasteiger partial charge in [0, 0.05) is 18.0 Å². The summed E-state index contributed by atoms with van der Waals surface area (Å²) in [5.41, 5.74) is 0.412. The smallest absolute Gasteiger partial charge is 0.387 e. The number of allylic oxidation sites excluding steroid dienone is 4. The summed E-state index contributed by atoms with van der Waals surface area (Å²) in [4.78, 5) is 16.1. The lowest BCUT2D eigenvalue weighted by molar-refractivity contribution is -0.100. The van der Waals surface area contributed by atoms with Gasteiger partial charge in [-0.05, 0) is 36.3 Å². The topological polar surface area (TPSA) is 65.4 Å². The monoisotopic (exact) mass is 457 g/mol. The zero-order valence-corrected chi connectivity index (χ0v) is 17.4. The number of aromatic nitrogens is 2. The Morgan fingerprint density at radius 1 is 1.25 bits per heavy atom. The van der Waals surface area contributed by atoms with E-state index >= 15 is 0 Å². The average molecular weight is 457 g/mol. The molecule has 0 amide bonds. The summed E-state index contributed by atoms with van der Waals surface area (Å²) in [7, 11) is 1.26. The van der Waals surface area contributed by atoms with Gasteiger partial charge >= 0.3 is 12.2 Å². The second-order valence-corrected chi connectivity index (χ2v) is 7.25. The molecule has 0 aliphatic heterocycles. The molecule has 1 aromatic carbocycles. The molecule has 1 aromatic heterocycles. The van der Waals surface area contributed by atoms with Crippen molar-refractivity contribution in [3.8, 4) is 5.75 Å². The molecule has 0 fully saturated rings. The van der Waals surface area contributed by atoms with Gasteiger partial charge < -0.3 is 19.4 Å². The maximum atomic E-state index is 13.6. The van der Waals surface area contributed by atoms with E-state index in [1.165, 1.54) is 17.9 Å². The van der Waals surface area contributed by atoms with Crippen LogP contribution in [0.2, 0.25) is 0 Å². The lowest BCUT2D eigenvalue weighted by atomic mass is 9.93. The Morgan fingerprint density at radius 2 is 1.91 bits per heavy atom. The molecule has 0 spiro atoms. The molecule has 1 atom stereocenters. The maximum Gasteiger partial charge on any atom is 0.387 e. The van der Waals surface area contributed by atoms with Crippen molar-refractivity contribution in [2.45, 2.75) is 33.4 Å². The number of anilines is 1. The van der Waals surface area contributed by atoms with Crippen LogP contribution in [0.1, 0.15) is 25.8 Å². The lowest BCUT2D eigenvalue weighted by Gasteiger charge is -2.26. The zero-order chi connectivity index (χ0) is 23.6. The van der Waals surface area contributed by atoms with Gasteiger partial charge in [0.2, 0.25) is 11.7 Å². The molecule has 1 N–H and O–H groups in total. The molecule has 1 heterocycles. The molecule has 0 saturated heterocycles. The van der Waals surface area contributed by atoms with E-state index in [0.29, 0.717) is 11.3 Å². The molecule has 0 saturated carbocycles. The molecular weight excluding hydrogens is 437 g/mol. The lowest BCUT2D eigenvalue weighted by Crippen LogP contribution is -2.23. The summed E-state index contributed by atoms with van der Waals surface area (Å²) >= 11 is 0. The van der Waals surface area contributed by atoms with Crippen LogP contribution < -0.4 is 15.6 Å². The van der Waals surface area contributed by atoms with E-state index in [9.17, 15) is 26.7 Å². The van der Waals surface area contributed by atoms with E-state index < -0.39 is 29.6 Å². The SMILES string of the molecule is COc1cn(Cc2cc(F)c(F)c(F)c2)c(NC2=CC(C)=C(OC(F)F)CC2C)nc1=O. The Bertz CT molecular complexity index is 1120. The van der Waals surface area contributed by atoms with Gasteiger partial charge in [0.05, 0.1) is 19.9 Å². The third-order valence-electron chi connectivity index (χ3n) is 4.90. The Labute approximate surface area is 180 Å². The van der Waals surface area contributed by atoms with Gasteiger partial charge in [0.1, 0.15) is 5.76 Å². The summed E-state index contributed by atoms with van der Waals surface area (Å²) < 4.78 is 76.6. The molecule has 1 aliphatic rings. The fourth-order valence-corrected chi connectivity index (χ4v) is 3.27. The quantitative estimate of drug-likeness (QED) is 0.488. The number of rotatable bonds is 7. The number of nitrogens with one attached hydrogen (secondary N) is 1. The number of alkyl halides is 2. The average Bonchev–Trinajstić information content (AvgIpc) is 2.71. The highest BCUT2D eigenvalue weighted by Gasteiger charge is 2.23. The summed E-state index contributed by atoms with van der Waals surface area (Å²) in [5, 5.41) is 2.98. The molecule has 3 rings (SSSR count). The number of nitrogens with zero attached hydrogens (tertiary/aromatic N) is 2. The van der Waals surface area contributed by atoms with E-state index in [4.69, 9.17) is 4.74 Å². The Hall–Kier alpha value is -3.37. The van der Waals surface area contributed by atoms with Gasteiger partial charge in [-0.25, -0.2) is 13.2 Å². The number of methoxy groups -OCH3 is 1. The van der Waals surface area contributed by atoms with Gasteiger partial charge in [-0.3, -0.25) is 4.79 Å². The van der Waals surface area contributed by atoms with Crippen molar-refractivity contribution in [1.82, 2.24) is 9.55 Å². The molecule has 2 aromatic rings. The molecule has 32 heavy (non-hydrogen) atoms. The number of halogens is 5. The van der Waals surface area contributed by atoms with Crippen LogP contribution in [0, 0.1) is 23.4 Å². The Kier molecular flexibility index (Phi) is 6.85. The molecule has 1 aliphatic carbocycles. The summed E-state index contributed by atoms with van der Waals surface area (Å²) in [6, 6.07) is 1.66. The zero-order valence-electron chi connectivity index (χ0n) is 17.4. The van der Waals surface area contributed by atoms with Crippen molar-refractivity contribution < 1.29 is 31.4 Å². The fourth-order valence-electron chi connectivity index (χ4n) is 3.27. The number of benzene rings is 1. The van der Waals surface area contributed by atoms with Crippen LogP contribution in [0.4, 0.5) is 27.9 Å². The van der Waals surface area contributed by atoms with E-state index in [2.05, 4.69) is 15.0 Å². The molecule has 0 radical (unpaired) electrons. The second-order valence-electron chi connectivity index (χ2n) is 7.25. The third-order valence-corrected chi connectivity index (χ3v) is 4.90. The molecular formula is C21H20F5N3O3. The van der Waals surface area contributed by atoms with Gasteiger partial charge in [0.15, 0.2) is 17.5 Å². The van der Waals surface area contributed by atoms with Crippen LogP contribution in [0.25, 0.3) is 0 Å². The van der Waals surface area contributed by atoms with Gasteiger partial charge in [-0.15, -0.1) is 0 Å². The van der Waals surface area contributed by atoms with Gasteiger partial charge in [-0.2, -0.15) is 13.8 Å². The van der Waals surface area contributed by atoms with E-state index in [1.54, 1.807) is 19.9 Å². The summed E-state index contributed by atoms with van der Waals surface area (Å²) in [6.45, 7) is 0.247. The van der Waals surface area contributed by atoms with Crippen LogP contribution in [-0.4, -0.2) is 23.3 Å². The molecule has 172 valence electrons. The van der Waals surface area contributed by atoms with Gasteiger partial charge in [-0.1, -0.05) is 6.92 Å². The normalized spacial score (nSPS) is 16.3. The first-order valence-corrected chi connectivity index (χ1v) is 9.51. The van der Waals surface area contributed by atoms with Crippen LogP contribution in [0.3, 0.4) is 0 Å². The number of hydrogen-bond donors (Lipinski definition) is 1. The first kappa shape index (κ1) is 23.3.